The third-order valence-corrected chi connectivity index (χ3v) is 3.69. The van der Waals surface area contributed by atoms with Crippen molar-refractivity contribution in [3.63, 3.8) is 0 Å². The second kappa shape index (κ2) is 5.62. The maximum Gasteiger partial charge on any atom is 0.0950 e. The number of rotatable bonds is 4. The van der Waals surface area contributed by atoms with E-state index in [2.05, 4.69) is 29.3 Å². The Balaban J connectivity index is 2.18. The summed E-state index contributed by atoms with van der Waals surface area (Å²) in [5.74, 6) is 0. The van der Waals surface area contributed by atoms with Crippen LogP contribution in [0.3, 0.4) is 0 Å². The van der Waals surface area contributed by atoms with Crippen molar-refractivity contribution < 1.29 is 5.21 Å². The number of hydroxylamine groups is 1. The van der Waals surface area contributed by atoms with Gasteiger partial charge in [0.25, 0.3) is 0 Å². The largest absolute Gasteiger partial charge is 0.308 e. The van der Waals surface area contributed by atoms with E-state index in [1.807, 2.05) is 6.08 Å². The third-order valence-electron chi connectivity index (χ3n) is 3.00. The molecule has 94 valence electrons. The molecule has 0 aromatic carbocycles. The summed E-state index contributed by atoms with van der Waals surface area (Å²) in [5.41, 5.74) is 3.31. The van der Waals surface area contributed by atoms with Gasteiger partial charge >= 0.3 is 0 Å². The number of hydrogen-bond acceptors (Lipinski definition) is 5. The molecule has 2 aliphatic rings. The number of nitrogens with one attached hydrogen (secondary N) is 1. The average molecular weight is 253 g/mol. The molecule has 2 aliphatic heterocycles. The van der Waals surface area contributed by atoms with Crippen LogP contribution in [0.2, 0.25) is 0 Å². The van der Waals surface area contributed by atoms with E-state index in [1.165, 1.54) is 22.2 Å². The second-order valence-corrected chi connectivity index (χ2v) is 5.10. The van der Waals surface area contributed by atoms with Crippen LogP contribution < -0.4 is 4.72 Å². The van der Waals surface area contributed by atoms with Crippen LogP contribution in [0.4, 0.5) is 0 Å². The van der Waals surface area contributed by atoms with Gasteiger partial charge in [0.1, 0.15) is 0 Å². The molecular formula is C12H19N3OS. The van der Waals surface area contributed by atoms with E-state index >= 15 is 0 Å². The molecule has 2 N–H and O–H groups in total. The summed E-state index contributed by atoms with van der Waals surface area (Å²) < 4.78 is 4.43. The molecule has 0 aromatic rings. The van der Waals surface area contributed by atoms with E-state index in [0.717, 1.165) is 43.7 Å². The molecule has 0 bridgehead atoms. The fourth-order valence-electron chi connectivity index (χ4n) is 2.08. The molecule has 5 heteroatoms. The summed E-state index contributed by atoms with van der Waals surface area (Å²) in [5, 5.41) is 9.78. The van der Waals surface area contributed by atoms with Crippen LogP contribution in [-0.2, 0) is 0 Å². The topological polar surface area (TPSA) is 38.7 Å². The Kier molecular flexibility index (Phi) is 4.15. The molecule has 2 heterocycles. The fraction of sp³-hybridized carbons (Fsp3) is 0.500. The van der Waals surface area contributed by atoms with E-state index < -0.39 is 0 Å². The molecule has 0 saturated carbocycles. The maximum absolute atomic E-state index is 9.78. The van der Waals surface area contributed by atoms with Gasteiger partial charge in [0.2, 0.25) is 0 Å². The minimum Gasteiger partial charge on any atom is -0.308 e. The van der Waals surface area contributed by atoms with Crippen molar-refractivity contribution in [3.05, 3.63) is 35.7 Å². The zero-order valence-corrected chi connectivity index (χ0v) is 11.0. The van der Waals surface area contributed by atoms with Crippen molar-refractivity contribution in [2.75, 3.05) is 20.1 Å². The maximum atomic E-state index is 9.78. The minimum absolute atomic E-state index is 0.816. The highest BCUT2D eigenvalue weighted by molar-refractivity contribution is 7.95. The van der Waals surface area contributed by atoms with E-state index in [4.69, 9.17) is 0 Å². The summed E-state index contributed by atoms with van der Waals surface area (Å²) in [4.78, 5) is 2.29. The Morgan fingerprint density at radius 3 is 3.18 bits per heavy atom. The van der Waals surface area contributed by atoms with Gasteiger partial charge in [0.05, 0.1) is 23.5 Å². The van der Waals surface area contributed by atoms with E-state index in [9.17, 15) is 5.21 Å². The van der Waals surface area contributed by atoms with Gasteiger partial charge in [0.15, 0.2) is 0 Å². The normalized spacial score (nSPS) is 21.5. The summed E-state index contributed by atoms with van der Waals surface area (Å²) in [7, 11) is 2.12. The Bertz CT molecular complexity index is 365. The lowest BCUT2D eigenvalue weighted by Crippen LogP contribution is -2.27. The van der Waals surface area contributed by atoms with Gasteiger partial charge in [-0.05, 0) is 31.9 Å². The lowest BCUT2D eigenvalue weighted by Gasteiger charge is -2.23. The molecule has 4 nitrogen and oxygen atoms in total. The van der Waals surface area contributed by atoms with Crippen LogP contribution in [0.5, 0.6) is 0 Å². The van der Waals surface area contributed by atoms with Crippen LogP contribution in [0.1, 0.15) is 19.3 Å². The zero-order valence-electron chi connectivity index (χ0n) is 10.1. The van der Waals surface area contributed by atoms with Crippen molar-refractivity contribution >= 4 is 12.1 Å². The molecule has 0 fully saturated rings. The molecule has 0 unspecified atom stereocenters. The first-order chi connectivity index (χ1) is 8.22. The predicted molar refractivity (Wildman–Crippen MR) is 71.0 cm³/mol. The molecule has 0 aromatic heterocycles. The van der Waals surface area contributed by atoms with E-state index in [0.29, 0.717) is 0 Å². The van der Waals surface area contributed by atoms with Gasteiger partial charge in [0, 0.05) is 13.1 Å². The summed E-state index contributed by atoms with van der Waals surface area (Å²) in [6.07, 6.45) is 6.90. The van der Waals surface area contributed by atoms with Crippen molar-refractivity contribution in [2.24, 2.45) is 0 Å². The monoisotopic (exact) mass is 253 g/mol. The first-order valence-electron chi connectivity index (χ1n) is 5.86. The standard InChI is InChI=1S/C12H19N3OS/c1-3-4-7-11-12(13-17-15(11)16)10-6-5-8-14(2)9-10/h3,6,13,16H,1,4-5,7-9H2,2H3. The lowest BCUT2D eigenvalue weighted by atomic mass is 10.0. The zero-order chi connectivity index (χ0) is 12.3. The SMILES string of the molecule is C=CCCC1=C(C2=CCCN(C)C2)NSN1O. The molecule has 0 radical (unpaired) electrons. The van der Waals surface area contributed by atoms with Gasteiger partial charge in [-0.1, -0.05) is 12.2 Å². The van der Waals surface area contributed by atoms with Crippen molar-refractivity contribution in [1.82, 2.24) is 14.1 Å². The highest BCUT2D eigenvalue weighted by Gasteiger charge is 2.25. The molecule has 0 atom stereocenters. The smallest absolute Gasteiger partial charge is 0.0950 e. The summed E-state index contributed by atoms with van der Waals surface area (Å²) in [6.45, 7) is 5.77. The van der Waals surface area contributed by atoms with Crippen LogP contribution >= 0.6 is 12.1 Å². The molecule has 2 rings (SSSR count). The first kappa shape index (κ1) is 12.5. The Labute approximate surface area is 107 Å². The van der Waals surface area contributed by atoms with Crippen molar-refractivity contribution in [1.29, 1.82) is 0 Å². The van der Waals surface area contributed by atoms with Gasteiger partial charge in [-0.15, -0.1) is 6.58 Å². The highest BCUT2D eigenvalue weighted by atomic mass is 32.2. The number of hydrogen-bond donors (Lipinski definition) is 2. The van der Waals surface area contributed by atoms with Gasteiger partial charge < -0.3 is 9.62 Å². The molecule has 17 heavy (non-hydrogen) atoms. The molecule has 0 aliphatic carbocycles. The number of nitrogens with zero attached hydrogens (tertiary/aromatic N) is 2. The number of allylic oxidation sites excluding steroid dienone is 2. The van der Waals surface area contributed by atoms with E-state index in [1.54, 1.807) is 0 Å². The number of likely N-dealkylation sites (N-methyl/N-ethyl adjacent to an activating group) is 1. The molecule has 0 saturated heterocycles. The van der Waals surface area contributed by atoms with Crippen LogP contribution in [0, 0.1) is 0 Å². The summed E-state index contributed by atoms with van der Waals surface area (Å²) in [6, 6.07) is 0. The minimum atomic E-state index is 0.816. The van der Waals surface area contributed by atoms with Crippen LogP contribution in [-0.4, -0.2) is 34.7 Å². The van der Waals surface area contributed by atoms with Gasteiger partial charge in [-0.3, -0.25) is 5.21 Å². The molecule has 0 spiro atoms. The molecule has 0 amide bonds. The second-order valence-electron chi connectivity index (χ2n) is 4.37. The van der Waals surface area contributed by atoms with Crippen molar-refractivity contribution in [3.8, 4) is 0 Å². The van der Waals surface area contributed by atoms with Crippen LogP contribution in [0.15, 0.2) is 35.7 Å². The highest BCUT2D eigenvalue weighted by Crippen LogP contribution is 2.32. The summed E-state index contributed by atoms with van der Waals surface area (Å²) >= 11 is 1.23. The van der Waals surface area contributed by atoms with E-state index in [-0.39, 0.29) is 0 Å². The van der Waals surface area contributed by atoms with Crippen molar-refractivity contribution in [2.45, 2.75) is 19.3 Å². The quantitative estimate of drug-likeness (QED) is 0.594. The average Bonchev–Trinajstić information content (AvgIpc) is 2.68. The molecular weight excluding hydrogens is 234 g/mol. The Morgan fingerprint density at radius 2 is 2.47 bits per heavy atom. The van der Waals surface area contributed by atoms with Gasteiger partial charge in [-0.25, -0.2) is 0 Å². The third kappa shape index (κ3) is 2.86. The Hall–Kier alpha value is -0.910. The van der Waals surface area contributed by atoms with Gasteiger partial charge in [-0.2, -0.15) is 4.47 Å². The fourth-order valence-corrected chi connectivity index (χ4v) is 2.80. The predicted octanol–water partition coefficient (Wildman–Crippen LogP) is 2.28. The Morgan fingerprint density at radius 1 is 1.65 bits per heavy atom. The van der Waals surface area contributed by atoms with Crippen LogP contribution in [0.25, 0.3) is 0 Å². The first-order valence-corrected chi connectivity index (χ1v) is 6.63. The lowest BCUT2D eigenvalue weighted by molar-refractivity contribution is 0.0522.